The van der Waals surface area contributed by atoms with Gasteiger partial charge in [-0.25, -0.2) is 4.39 Å². The number of nitrogens with two attached hydrogens (primary N) is 1. The van der Waals surface area contributed by atoms with E-state index in [-0.39, 0.29) is 5.82 Å². The molecule has 1 aromatic heterocycles. The molecule has 1 unspecified atom stereocenters. The molecule has 0 radical (unpaired) electrons. The molecule has 0 aliphatic rings. The normalized spacial score (nSPS) is 12.6. The summed E-state index contributed by atoms with van der Waals surface area (Å²) >= 11 is 0. The molecule has 0 amide bonds. The molecule has 2 nitrogen and oxygen atoms in total. The summed E-state index contributed by atoms with van der Waals surface area (Å²) in [5, 5.41) is 0.965. The molecule has 0 saturated heterocycles. The van der Waals surface area contributed by atoms with Crippen molar-refractivity contribution in [2.24, 2.45) is 5.73 Å². The maximum absolute atomic E-state index is 14.4. The Hall–Kier alpha value is -2.26. The minimum absolute atomic E-state index is 0.249. The number of benzene rings is 2. The van der Waals surface area contributed by atoms with Crippen LogP contribution in [0, 0.1) is 19.7 Å². The van der Waals surface area contributed by atoms with Crippen LogP contribution in [0.25, 0.3) is 10.9 Å². The highest BCUT2D eigenvalue weighted by Gasteiger charge is 2.18. The van der Waals surface area contributed by atoms with E-state index in [9.17, 15) is 4.39 Å². The Morgan fingerprint density at radius 2 is 1.86 bits per heavy atom. The minimum Gasteiger partial charge on any atom is -0.320 e. The maximum atomic E-state index is 14.4. The number of para-hydroxylation sites is 1. The third-order valence-electron chi connectivity index (χ3n) is 3.81. The number of aromatic nitrogens is 1. The van der Waals surface area contributed by atoms with Gasteiger partial charge in [-0.05, 0) is 48.7 Å². The number of rotatable bonds is 2. The molecule has 0 aliphatic heterocycles. The summed E-state index contributed by atoms with van der Waals surface area (Å²) in [4.78, 5) is 4.33. The van der Waals surface area contributed by atoms with Crippen molar-refractivity contribution in [3.05, 3.63) is 76.7 Å². The number of halogens is 1. The van der Waals surface area contributed by atoms with E-state index in [0.717, 1.165) is 27.6 Å². The monoisotopic (exact) mass is 280 g/mol. The van der Waals surface area contributed by atoms with Crippen molar-refractivity contribution in [3.8, 4) is 0 Å². The lowest BCUT2D eigenvalue weighted by Gasteiger charge is -2.18. The highest BCUT2D eigenvalue weighted by molar-refractivity contribution is 5.82. The first-order chi connectivity index (χ1) is 10.1. The van der Waals surface area contributed by atoms with E-state index >= 15 is 0 Å². The van der Waals surface area contributed by atoms with Gasteiger partial charge in [0, 0.05) is 17.1 Å². The minimum atomic E-state index is -0.501. The average molecular weight is 280 g/mol. The molecule has 0 spiro atoms. The fourth-order valence-electron chi connectivity index (χ4n) is 2.87. The Bertz CT molecular complexity index is 783. The fourth-order valence-corrected chi connectivity index (χ4v) is 2.87. The zero-order chi connectivity index (χ0) is 15.0. The molecular weight excluding hydrogens is 263 g/mol. The summed E-state index contributed by atoms with van der Waals surface area (Å²) in [5.74, 6) is -0.249. The number of aryl methyl sites for hydroxylation is 2. The van der Waals surface area contributed by atoms with E-state index in [1.54, 1.807) is 6.20 Å². The lowest BCUT2D eigenvalue weighted by atomic mass is 9.92. The molecule has 0 fully saturated rings. The lowest BCUT2D eigenvalue weighted by molar-refractivity contribution is 0.596. The molecule has 2 aromatic carbocycles. The van der Waals surface area contributed by atoms with Crippen LogP contribution < -0.4 is 5.73 Å². The van der Waals surface area contributed by atoms with Gasteiger partial charge < -0.3 is 5.73 Å². The number of nitrogens with zero attached hydrogens (tertiary/aromatic N) is 1. The van der Waals surface area contributed by atoms with Crippen LogP contribution in [0.1, 0.15) is 28.3 Å². The van der Waals surface area contributed by atoms with Crippen molar-refractivity contribution in [1.29, 1.82) is 0 Å². The summed E-state index contributed by atoms with van der Waals surface area (Å²) in [7, 11) is 0. The number of pyridine rings is 1. The predicted octanol–water partition coefficient (Wildman–Crippen LogP) is 4.04. The molecular formula is C18H17FN2. The smallest absolute Gasteiger partial charge is 0.128 e. The molecule has 3 aromatic rings. The van der Waals surface area contributed by atoms with Gasteiger partial charge >= 0.3 is 0 Å². The Balaban J connectivity index is 2.20. The van der Waals surface area contributed by atoms with Gasteiger partial charge in [0.1, 0.15) is 5.82 Å². The Morgan fingerprint density at radius 3 is 2.62 bits per heavy atom. The van der Waals surface area contributed by atoms with Crippen LogP contribution in [0.2, 0.25) is 0 Å². The van der Waals surface area contributed by atoms with Crippen molar-refractivity contribution in [3.63, 3.8) is 0 Å². The first-order valence-corrected chi connectivity index (χ1v) is 6.94. The van der Waals surface area contributed by atoms with Crippen molar-refractivity contribution in [2.45, 2.75) is 19.9 Å². The van der Waals surface area contributed by atoms with E-state index in [1.165, 1.54) is 6.07 Å². The standard InChI is InChI=1S/C18H17FN2/c1-11-9-12(2)17(15(19)10-11)18(20)14-7-8-21-16-6-4-3-5-13(14)16/h3-10,18H,20H2,1-2H3. The lowest BCUT2D eigenvalue weighted by Crippen LogP contribution is -2.16. The van der Waals surface area contributed by atoms with Crippen molar-refractivity contribution >= 4 is 10.9 Å². The van der Waals surface area contributed by atoms with Crippen LogP contribution in [0.5, 0.6) is 0 Å². The molecule has 3 rings (SSSR count). The van der Waals surface area contributed by atoms with Gasteiger partial charge in [0.15, 0.2) is 0 Å². The first kappa shape index (κ1) is 13.7. The third kappa shape index (κ3) is 2.41. The highest BCUT2D eigenvalue weighted by Crippen LogP contribution is 2.30. The molecule has 1 heterocycles. The third-order valence-corrected chi connectivity index (χ3v) is 3.81. The second-order valence-corrected chi connectivity index (χ2v) is 5.37. The van der Waals surface area contributed by atoms with Crippen LogP contribution in [-0.4, -0.2) is 4.98 Å². The van der Waals surface area contributed by atoms with E-state index in [4.69, 9.17) is 5.73 Å². The molecule has 0 aliphatic carbocycles. The molecule has 2 N–H and O–H groups in total. The second-order valence-electron chi connectivity index (χ2n) is 5.37. The van der Waals surface area contributed by atoms with E-state index in [0.29, 0.717) is 5.56 Å². The molecule has 0 saturated carbocycles. The zero-order valence-corrected chi connectivity index (χ0v) is 12.1. The molecule has 106 valence electrons. The van der Waals surface area contributed by atoms with Gasteiger partial charge in [-0.15, -0.1) is 0 Å². The second kappa shape index (κ2) is 5.26. The first-order valence-electron chi connectivity index (χ1n) is 6.94. The summed E-state index contributed by atoms with van der Waals surface area (Å²) < 4.78 is 14.4. The Morgan fingerprint density at radius 1 is 1.10 bits per heavy atom. The van der Waals surface area contributed by atoms with E-state index in [1.807, 2.05) is 50.2 Å². The van der Waals surface area contributed by atoms with Crippen LogP contribution in [-0.2, 0) is 0 Å². The summed E-state index contributed by atoms with van der Waals surface area (Å²) in [6.45, 7) is 3.78. The molecule has 3 heteroatoms. The summed E-state index contributed by atoms with van der Waals surface area (Å²) in [5.41, 5.74) is 10.5. The van der Waals surface area contributed by atoms with Crippen LogP contribution in [0.3, 0.4) is 0 Å². The van der Waals surface area contributed by atoms with Gasteiger partial charge in [-0.2, -0.15) is 0 Å². The van der Waals surface area contributed by atoms with Gasteiger partial charge in [-0.1, -0.05) is 24.3 Å². The zero-order valence-electron chi connectivity index (χ0n) is 12.1. The largest absolute Gasteiger partial charge is 0.320 e. The van der Waals surface area contributed by atoms with Crippen molar-refractivity contribution in [1.82, 2.24) is 4.98 Å². The van der Waals surface area contributed by atoms with Gasteiger partial charge in [-0.3, -0.25) is 4.98 Å². The van der Waals surface area contributed by atoms with E-state index in [2.05, 4.69) is 4.98 Å². The molecule has 1 atom stereocenters. The quantitative estimate of drug-likeness (QED) is 0.769. The summed E-state index contributed by atoms with van der Waals surface area (Å²) in [6.07, 6.45) is 1.72. The van der Waals surface area contributed by atoms with E-state index < -0.39 is 6.04 Å². The van der Waals surface area contributed by atoms with Crippen LogP contribution in [0.4, 0.5) is 4.39 Å². The average Bonchev–Trinajstić information content (AvgIpc) is 2.45. The van der Waals surface area contributed by atoms with Crippen LogP contribution >= 0.6 is 0 Å². The highest BCUT2D eigenvalue weighted by atomic mass is 19.1. The summed E-state index contributed by atoms with van der Waals surface area (Å²) in [6, 6.07) is 12.6. The van der Waals surface area contributed by atoms with Crippen LogP contribution in [0.15, 0.2) is 48.7 Å². The van der Waals surface area contributed by atoms with Crippen molar-refractivity contribution < 1.29 is 4.39 Å². The number of hydrogen-bond donors (Lipinski definition) is 1. The predicted molar refractivity (Wildman–Crippen MR) is 83.6 cm³/mol. The Kier molecular flexibility index (Phi) is 3.43. The molecule has 0 bridgehead atoms. The van der Waals surface area contributed by atoms with Gasteiger partial charge in [0.2, 0.25) is 0 Å². The number of fused-ring (bicyclic) bond motifs is 1. The fraction of sp³-hybridized carbons (Fsp3) is 0.167. The van der Waals surface area contributed by atoms with Gasteiger partial charge in [0.25, 0.3) is 0 Å². The topological polar surface area (TPSA) is 38.9 Å². The van der Waals surface area contributed by atoms with Crippen molar-refractivity contribution in [2.75, 3.05) is 0 Å². The molecule has 21 heavy (non-hydrogen) atoms. The van der Waals surface area contributed by atoms with Gasteiger partial charge in [0.05, 0.1) is 11.6 Å². The number of hydrogen-bond acceptors (Lipinski definition) is 2. The SMILES string of the molecule is Cc1cc(C)c(C(N)c2ccnc3ccccc23)c(F)c1. The maximum Gasteiger partial charge on any atom is 0.128 e. The Labute approximate surface area is 123 Å².